The van der Waals surface area contributed by atoms with Crippen molar-refractivity contribution >= 4 is 18.3 Å². The summed E-state index contributed by atoms with van der Waals surface area (Å²) in [6.07, 6.45) is 1.75. The number of aliphatic hydroxyl groups excluding tert-OH is 1. The van der Waals surface area contributed by atoms with Crippen LogP contribution in [-0.4, -0.2) is 30.2 Å². The van der Waals surface area contributed by atoms with E-state index in [1.807, 2.05) is 27.7 Å². The first kappa shape index (κ1) is 19.0. The maximum atomic E-state index is 11.5. The number of amides is 1. The molecule has 0 unspecified atom stereocenters. The SMILES string of the molecule is CC(C)[C@H](N)C(=O)NCCCC(C)(C)CO.Cl. The van der Waals surface area contributed by atoms with Crippen LogP contribution >= 0.6 is 12.4 Å². The average Bonchev–Trinajstić information content (AvgIpc) is 2.22. The van der Waals surface area contributed by atoms with Crippen LogP contribution < -0.4 is 11.1 Å². The first-order valence-electron chi connectivity index (χ1n) is 5.94. The van der Waals surface area contributed by atoms with Gasteiger partial charge in [-0.2, -0.15) is 0 Å². The molecule has 104 valence electrons. The Hall–Kier alpha value is -0.320. The molecule has 0 aliphatic carbocycles. The minimum absolute atomic E-state index is 0. The Bertz CT molecular complexity index is 221. The summed E-state index contributed by atoms with van der Waals surface area (Å²) in [4.78, 5) is 11.5. The van der Waals surface area contributed by atoms with Gasteiger partial charge >= 0.3 is 0 Å². The summed E-state index contributed by atoms with van der Waals surface area (Å²) in [6, 6.07) is -0.425. The number of nitrogens with one attached hydrogen (secondary N) is 1. The molecule has 17 heavy (non-hydrogen) atoms. The van der Waals surface area contributed by atoms with E-state index in [0.717, 1.165) is 12.8 Å². The number of carbonyl (C=O) groups excluding carboxylic acids is 1. The van der Waals surface area contributed by atoms with Gasteiger partial charge < -0.3 is 16.2 Å². The molecular weight excluding hydrogens is 240 g/mol. The van der Waals surface area contributed by atoms with Crippen molar-refractivity contribution in [3.8, 4) is 0 Å². The van der Waals surface area contributed by atoms with E-state index in [1.54, 1.807) is 0 Å². The van der Waals surface area contributed by atoms with Gasteiger partial charge in [-0.05, 0) is 24.2 Å². The predicted octanol–water partition coefficient (Wildman–Crippen LogP) is 1.31. The van der Waals surface area contributed by atoms with Crippen molar-refractivity contribution in [3.05, 3.63) is 0 Å². The van der Waals surface area contributed by atoms with Crippen molar-refractivity contribution in [1.82, 2.24) is 5.32 Å². The van der Waals surface area contributed by atoms with Crippen molar-refractivity contribution in [1.29, 1.82) is 0 Å². The Kier molecular flexibility index (Phi) is 9.77. The van der Waals surface area contributed by atoms with E-state index in [-0.39, 0.29) is 36.3 Å². The Morgan fingerprint density at radius 3 is 2.35 bits per heavy atom. The maximum Gasteiger partial charge on any atom is 0.237 e. The van der Waals surface area contributed by atoms with Gasteiger partial charge in [0.2, 0.25) is 5.91 Å². The van der Waals surface area contributed by atoms with E-state index < -0.39 is 6.04 Å². The molecule has 1 atom stereocenters. The van der Waals surface area contributed by atoms with Crippen molar-refractivity contribution in [2.24, 2.45) is 17.1 Å². The molecule has 0 saturated carbocycles. The smallest absolute Gasteiger partial charge is 0.237 e. The highest BCUT2D eigenvalue weighted by molar-refractivity contribution is 5.85. The molecule has 0 spiro atoms. The summed E-state index contributed by atoms with van der Waals surface area (Å²) in [6.45, 7) is 8.68. The highest BCUT2D eigenvalue weighted by Crippen LogP contribution is 2.20. The molecule has 5 heteroatoms. The second-order valence-corrected chi connectivity index (χ2v) is 5.49. The summed E-state index contributed by atoms with van der Waals surface area (Å²) in [5.41, 5.74) is 5.64. The fourth-order valence-electron chi connectivity index (χ4n) is 1.28. The van der Waals surface area contributed by atoms with Crippen LogP contribution in [-0.2, 0) is 4.79 Å². The Morgan fingerprint density at radius 2 is 1.94 bits per heavy atom. The summed E-state index contributed by atoms with van der Waals surface area (Å²) in [5, 5.41) is 11.9. The lowest BCUT2D eigenvalue weighted by Gasteiger charge is -2.21. The molecule has 0 aromatic carbocycles. The van der Waals surface area contributed by atoms with Crippen LogP contribution in [0.25, 0.3) is 0 Å². The first-order chi connectivity index (χ1) is 7.30. The van der Waals surface area contributed by atoms with E-state index in [0.29, 0.717) is 6.54 Å². The molecule has 0 aliphatic heterocycles. The predicted molar refractivity (Wildman–Crippen MR) is 73.2 cm³/mol. The highest BCUT2D eigenvalue weighted by atomic mass is 35.5. The normalized spacial score (nSPS) is 13.1. The van der Waals surface area contributed by atoms with Gasteiger partial charge in [0, 0.05) is 13.2 Å². The molecule has 4 nitrogen and oxygen atoms in total. The minimum atomic E-state index is -0.425. The summed E-state index contributed by atoms with van der Waals surface area (Å²) < 4.78 is 0. The molecule has 0 radical (unpaired) electrons. The van der Waals surface area contributed by atoms with Crippen LogP contribution in [0.1, 0.15) is 40.5 Å². The van der Waals surface area contributed by atoms with Gasteiger partial charge in [0.1, 0.15) is 0 Å². The van der Waals surface area contributed by atoms with Crippen LogP contribution in [0.5, 0.6) is 0 Å². The molecule has 0 aliphatic rings. The van der Waals surface area contributed by atoms with E-state index in [9.17, 15) is 4.79 Å². The third kappa shape index (κ3) is 8.41. The Balaban J connectivity index is 0. The summed E-state index contributed by atoms with van der Waals surface area (Å²) >= 11 is 0. The molecule has 0 rings (SSSR count). The molecule has 1 amide bonds. The standard InChI is InChI=1S/C12H26N2O2.ClH/c1-9(2)10(13)11(16)14-7-5-6-12(3,4)8-15;/h9-10,15H,5-8,13H2,1-4H3,(H,14,16);1H/t10-;/m0./s1. The molecule has 0 heterocycles. The lowest BCUT2D eigenvalue weighted by molar-refractivity contribution is -0.123. The van der Waals surface area contributed by atoms with Gasteiger partial charge in [0.25, 0.3) is 0 Å². The van der Waals surface area contributed by atoms with Crippen molar-refractivity contribution in [2.45, 2.75) is 46.6 Å². The van der Waals surface area contributed by atoms with Crippen LogP contribution in [0.2, 0.25) is 0 Å². The zero-order chi connectivity index (χ0) is 12.8. The zero-order valence-electron chi connectivity index (χ0n) is 11.3. The molecule has 0 bridgehead atoms. The van der Waals surface area contributed by atoms with Crippen LogP contribution in [0.15, 0.2) is 0 Å². The van der Waals surface area contributed by atoms with Crippen LogP contribution in [0.3, 0.4) is 0 Å². The highest BCUT2D eigenvalue weighted by Gasteiger charge is 2.18. The quantitative estimate of drug-likeness (QED) is 0.608. The number of carbonyl (C=O) groups is 1. The lowest BCUT2D eigenvalue weighted by atomic mass is 9.89. The fraction of sp³-hybridized carbons (Fsp3) is 0.917. The lowest BCUT2D eigenvalue weighted by Crippen LogP contribution is -2.44. The Morgan fingerprint density at radius 1 is 1.41 bits per heavy atom. The summed E-state index contributed by atoms with van der Waals surface area (Å²) in [5.74, 6) is 0.0747. The maximum absolute atomic E-state index is 11.5. The number of hydrogen-bond acceptors (Lipinski definition) is 3. The third-order valence-corrected chi connectivity index (χ3v) is 2.78. The molecule has 0 aromatic rings. The van der Waals surface area contributed by atoms with Gasteiger partial charge in [0.15, 0.2) is 0 Å². The van der Waals surface area contributed by atoms with E-state index >= 15 is 0 Å². The van der Waals surface area contributed by atoms with E-state index in [2.05, 4.69) is 5.32 Å². The number of halogens is 1. The molecular formula is C12H27ClN2O2. The van der Waals surface area contributed by atoms with Gasteiger partial charge in [-0.15, -0.1) is 12.4 Å². The topological polar surface area (TPSA) is 75.4 Å². The zero-order valence-corrected chi connectivity index (χ0v) is 12.1. The Labute approximate surface area is 111 Å². The number of nitrogens with two attached hydrogens (primary N) is 1. The summed E-state index contributed by atoms with van der Waals surface area (Å²) in [7, 11) is 0. The largest absolute Gasteiger partial charge is 0.396 e. The first-order valence-corrected chi connectivity index (χ1v) is 5.94. The van der Waals surface area contributed by atoms with Gasteiger partial charge in [-0.1, -0.05) is 27.7 Å². The van der Waals surface area contributed by atoms with E-state index in [4.69, 9.17) is 10.8 Å². The third-order valence-electron chi connectivity index (χ3n) is 2.78. The van der Waals surface area contributed by atoms with E-state index in [1.165, 1.54) is 0 Å². The molecule has 0 saturated heterocycles. The van der Waals surface area contributed by atoms with Crippen molar-refractivity contribution in [2.75, 3.05) is 13.2 Å². The molecule has 4 N–H and O–H groups in total. The average molecular weight is 267 g/mol. The fourth-order valence-corrected chi connectivity index (χ4v) is 1.28. The van der Waals surface area contributed by atoms with Crippen LogP contribution in [0, 0.1) is 11.3 Å². The monoisotopic (exact) mass is 266 g/mol. The van der Waals surface area contributed by atoms with Gasteiger partial charge in [-0.3, -0.25) is 4.79 Å². The number of hydrogen-bond donors (Lipinski definition) is 3. The van der Waals surface area contributed by atoms with Gasteiger partial charge in [-0.25, -0.2) is 0 Å². The second-order valence-electron chi connectivity index (χ2n) is 5.49. The van der Waals surface area contributed by atoms with Crippen molar-refractivity contribution in [3.63, 3.8) is 0 Å². The molecule has 0 fully saturated rings. The van der Waals surface area contributed by atoms with Crippen molar-refractivity contribution < 1.29 is 9.90 Å². The number of aliphatic hydroxyl groups is 1. The number of rotatable bonds is 7. The van der Waals surface area contributed by atoms with Crippen LogP contribution in [0.4, 0.5) is 0 Å². The van der Waals surface area contributed by atoms with Gasteiger partial charge in [0.05, 0.1) is 6.04 Å². The minimum Gasteiger partial charge on any atom is -0.396 e. The molecule has 0 aromatic heterocycles. The second kappa shape index (κ2) is 8.72.